The van der Waals surface area contributed by atoms with Crippen LogP contribution in [0.5, 0.6) is 0 Å². The fourth-order valence-electron chi connectivity index (χ4n) is 2.01. The number of pyridine rings is 1. The van der Waals surface area contributed by atoms with Gasteiger partial charge in [0, 0.05) is 18.0 Å². The predicted molar refractivity (Wildman–Crippen MR) is 72.7 cm³/mol. The van der Waals surface area contributed by atoms with Crippen LogP contribution in [-0.2, 0) is 6.54 Å². The van der Waals surface area contributed by atoms with Crippen LogP contribution in [0.25, 0.3) is 5.65 Å². The first kappa shape index (κ1) is 14.1. The average molecular weight is 305 g/mol. The lowest BCUT2D eigenvalue weighted by atomic mass is 10.2. The molecule has 4 nitrogen and oxygen atoms in total. The number of halogens is 3. The number of benzene rings is 1. The van der Waals surface area contributed by atoms with Crippen molar-refractivity contribution >= 4 is 11.6 Å². The fraction of sp³-hybridized carbons (Fsp3) is 0.0667. The molecule has 0 aliphatic rings. The number of fused-ring (bicyclic) bond motifs is 1. The van der Waals surface area contributed by atoms with Crippen LogP contribution in [0.1, 0.15) is 16.1 Å². The molecule has 2 aromatic heterocycles. The van der Waals surface area contributed by atoms with Gasteiger partial charge in [-0.1, -0.05) is 0 Å². The van der Waals surface area contributed by atoms with Crippen LogP contribution >= 0.6 is 0 Å². The lowest BCUT2D eigenvalue weighted by Gasteiger charge is -2.03. The average Bonchev–Trinajstić information content (AvgIpc) is 2.89. The van der Waals surface area contributed by atoms with Gasteiger partial charge in [0.25, 0.3) is 5.91 Å². The summed E-state index contributed by atoms with van der Waals surface area (Å²) in [5, 5.41) is 2.54. The number of hydrogen-bond acceptors (Lipinski definition) is 2. The number of nitrogens with one attached hydrogen (secondary N) is 1. The van der Waals surface area contributed by atoms with E-state index in [2.05, 4.69) is 10.3 Å². The lowest BCUT2D eigenvalue weighted by Crippen LogP contribution is -2.23. The third-order valence-electron chi connectivity index (χ3n) is 3.08. The standard InChI is InChI=1S/C15H10F3N3O/c16-10-2-4-14-20-11(8-21(14)7-10)6-19-15(22)9-1-3-12(17)13(18)5-9/h1-5,7-8H,6H2,(H,19,22). The van der Waals surface area contributed by atoms with Gasteiger partial charge >= 0.3 is 0 Å². The van der Waals surface area contributed by atoms with Crippen LogP contribution in [0.15, 0.2) is 42.7 Å². The summed E-state index contributed by atoms with van der Waals surface area (Å²) in [6.45, 7) is 0.0845. The van der Waals surface area contributed by atoms with Crippen molar-refractivity contribution in [2.24, 2.45) is 0 Å². The maximum Gasteiger partial charge on any atom is 0.251 e. The van der Waals surface area contributed by atoms with E-state index in [4.69, 9.17) is 0 Å². The highest BCUT2D eigenvalue weighted by molar-refractivity contribution is 5.94. The Hall–Kier alpha value is -2.83. The minimum absolute atomic E-state index is 0.00806. The number of rotatable bonds is 3. The summed E-state index contributed by atoms with van der Waals surface area (Å²) >= 11 is 0. The Morgan fingerprint density at radius 3 is 2.68 bits per heavy atom. The number of hydrogen-bond donors (Lipinski definition) is 1. The summed E-state index contributed by atoms with van der Waals surface area (Å²) < 4.78 is 40.4. The van der Waals surface area contributed by atoms with Crippen LogP contribution in [0.3, 0.4) is 0 Å². The Labute approximate surface area is 123 Å². The van der Waals surface area contributed by atoms with Crippen molar-refractivity contribution in [3.8, 4) is 0 Å². The van der Waals surface area contributed by atoms with Gasteiger partial charge in [-0.3, -0.25) is 4.79 Å². The topological polar surface area (TPSA) is 46.4 Å². The zero-order valence-corrected chi connectivity index (χ0v) is 11.2. The highest BCUT2D eigenvalue weighted by Crippen LogP contribution is 2.10. The van der Waals surface area contributed by atoms with Crippen molar-refractivity contribution in [1.82, 2.24) is 14.7 Å². The molecule has 0 fully saturated rings. The number of imidazole rings is 1. The summed E-state index contributed by atoms with van der Waals surface area (Å²) in [5.41, 5.74) is 1.06. The first-order valence-electron chi connectivity index (χ1n) is 6.39. The molecule has 1 N–H and O–H groups in total. The molecule has 0 unspecified atom stereocenters. The van der Waals surface area contributed by atoms with Crippen LogP contribution in [0.2, 0.25) is 0 Å². The zero-order chi connectivity index (χ0) is 15.7. The molecule has 0 aliphatic carbocycles. The molecule has 0 radical (unpaired) electrons. The van der Waals surface area contributed by atoms with Crippen LogP contribution in [-0.4, -0.2) is 15.3 Å². The van der Waals surface area contributed by atoms with Gasteiger partial charge in [0.2, 0.25) is 0 Å². The van der Waals surface area contributed by atoms with Crippen molar-refractivity contribution in [3.63, 3.8) is 0 Å². The van der Waals surface area contributed by atoms with Gasteiger partial charge in [-0.15, -0.1) is 0 Å². The van der Waals surface area contributed by atoms with Crippen molar-refractivity contribution in [1.29, 1.82) is 0 Å². The van der Waals surface area contributed by atoms with Gasteiger partial charge in [0.05, 0.1) is 12.2 Å². The van der Waals surface area contributed by atoms with E-state index < -0.39 is 23.4 Å². The minimum Gasteiger partial charge on any atom is -0.346 e. The largest absolute Gasteiger partial charge is 0.346 e. The van der Waals surface area contributed by atoms with Gasteiger partial charge in [0.15, 0.2) is 11.6 Å². The molecular formula is C15H10F3N3O. The molecule has 0 atom stereocenters. The van der Waals surface area contributed by atoms with E-state index in [0.717, 1.165) is 12.1 Å². The molecular weight excluding hydrogens is 295 g/mol. The van der Waals surface area contributed by atoms with E-state index >= 15 is 0 Å². The highest BCUT2D eigenvalue weighted by atomic mass is 19.2. The summed E-state index contributed by atoms with van der Waals surface area (Å²) in [7, 11) is 0. The third-order valence-corrected chi connectivity index (χ3v) is 3.08. The second kappa shape index (κ2) is 5.51. The molecule has 3 rings (SSSR count). The number of carbonyl (C=O) groups is 1. The first-order valence-corrected chi connectivity index (χ1v) is 6.39. The monoisotopic (exact) mass is 305 g/mol. The molecule has 3 aromatic rings. The van der Waals surface area contributed by atoms with Crippen molar-refractivity contribution in [2.75, 3.05) is 0 Å². The molecule has 22 heavy (non-hydrogen) atoms. The molecule has 1 aromatic carbocycles. The Morgan fingerprint density at radius 2 is 1.91 bits per heavy atom. The molecule has 7 heteroatoms. The second-order valence-corrected chi connectivity index (χ2v) is 4.66. The Morgan fingerprint density at radius 1 is 1.09 bits per heavy atom. The quantitative estimate of drug-likeness (QED) is 0.808. The van der Waals surface area contributed by atoms with E-state index in [0.29, 0.717) is 11.3 Å². The third kappa shape index (κ3) is 2.78. The van der Waals surface area contributed by atoms with Gasteiger partial charge < -0.3 is 9.72 Å². The Bertz CT molecular complexity index is 860. The van der Waals surface area contributed by atoms with Gasteiger partial charge in [-0.25, -0.2) is 18.2 Å². The van der Waals surface area contributed by atoms with Crippen LogP contribution in [0.4, 0.5) is 13.2 Å². The van der Waals surface area contributed by atoms with E-state index in [1.165, 1.54) is 28.8 Å². The van der Waals surface area contributed by atoms with E-state index in [1.807, 2.05) is 0 Å². The zero-order valence-electron chi connectivity index (χ0n) is 11.2. The number of nitrogens with zero attached hydrogens (tertiary/aromatic N) is 2. The Kier molecular flexibility index (Phi) is 3.54. The normalized spacial score (nSPS) is 10.9. The number of aromatic nitrogens is 2. The van der Waals surface area contributed by atoms with Gasteiger partial charge in [-0.05, 0) is 30.3 Å². The fourth-order valence-corrected chi connectivity index (χ4v) is 2.01. The van der Waals surface area contributed by atoms with E-state index in [1.54, 1.807) is 6.20 Å². The summed E-state index contributed by atoms with van der Waals surface area (Å²) in [4.78, 5) is 16.1. The molecule has 0 saturated heterocycles. The highest BCUT2D eigenvalue weighted by Gasteiger charge is 2.10. The first-order chi connectivity index (χ1) is 10.5. The summed E-state index contributed by atoms with van der Waals surface area (Å²) in [6.07, 6.45) is 2.84. The molecule has 1 amide bonds. The maximum atomic E-state index is 13.1. The number of amides is 1. The van der Waals surface area contributed by atoms with Crippen molar-refractivity contribution < 1.29 is 18.0 Å². The summed E-state index contributed by atoms with van der Waals surface area (Å²) in [5.74, 6) is -3.06. The molecule has 0 saturated carbocycles. The summed E-state index contributed by atoms with van der Waals surface area (Å²) in [6, 6.07) is 5.69. The second-order valence-electron chi connectivity index (χ2n) is 4.66. The molecule has 0 spiro atoms. The molecule has 0 aliphatic heterocycles. The van der Waals surface area contributed by atoms with Crippen LogP contribution in [0, 0.1) is 17.5 Å². The van der Waals surface area contributed by atoms with Crippen LogP contribution < -0.4 is 5.32 Å². The molecule has 2 heterocycles. The van der Waals surface area contributed by atoms with E-state index in [-0.39, 0.29) is 12.1 Å². The lowest BCUT2D eigenvalue weighted by molar-refractivity contribution is 0.0950. The molecule has 112 valence electrons. The smallest absolute Gasteiger partial charge is 0.251 e. The predicted octanol–water partition coefficient (Wildman–Crippen LogP) is 2.68. The molecule has 0 bridgehead atoms. The SMILES string of the molecule is O=C(NCc1cn2cc(F)ccc2n1)c1ccc(F)c(F)c1. The van der Waals surface area contributed by atoms with Crippen molar-refractivity contribution in [3.05, 3.63) is 71.4 Å². The van der Waals surface area contributed by atoms with Crippen molar-refractivity contribution in [2.45, 2.75) is 6.54 Å². The van der Waals surface area contributed by atoms with Gasteiger partial charge in [-0.2, -0.15) is 0 Å². The van der Waals surface area contributed by atoms with Gasteiger partial charge in [0.1, 0.15) is 11.5 Å². The minimum atomic E-state index is -1.09. The maximum absolute atomic E-state index is 13.1. The van der Waals surface area contributed by atoms with E-state index in [9.17, 15) is 18.0 Å². The number of carbonyl (C=O) groups excluding carboxylic acids is 1. The Balaban J connectivity index is 1.72.